The SMILES string of the molecule is CS(=O)(=O)NC1CCC(CNN)CC1. The first-order chi connectivity index (χ1) is 6.51. The summed E-state index contributed by atoms with van der Waals surface area (Å²) in [5.41, 5.74) is 2.66. The van der Waals surface area contributed by atoms with E-state index in [9.17, 15) is 8.42 Å². The maximum atomic E-state index is 11.0. The predicted molar refractivity (Wildman–Crippen MR) is 55.9 cm³/mol. The summed E-state index contributed by atoms with van der Waals surface area (Å²) >= 11 is 0. The lowest BCUT2D eigenvalue weighted by Crippen LogP contribution is -2.39. The van der Waals surface area contributed by atoms with Gasteiger partial charge in [0.1, 0.15) is 0 Å². The quantitative estimate of drug-likeness (QED) is 0.444. The maximum Gasteiger partial charge on any atom is 0.208 e. The molecular weight excluding hydrogens is 202 g/mol. The van der Waals surface area contributed by atoms with Crippen LogP contribution >= 0.6 is 0 Å². The average molecular weight is 221 g/mol. The Bertz CT molecular complexity index is 258. The Kier molecular flexibility index (Phi) is 4.31. The van der Waals surface area contributed by atoms with Crippen LogP contribution < -0.4 is 16.0 Å². The summed E-state index contributed by atoms with van der Waals surface area (Å²) in [6.07, 6.45) is 5.12. The van der Waals surface area contributed by atoms with Crippen molar-refractivity contribution < 1.29 is 8.42 Å². The molecule has 0 atom stereocenters. The van der Waals surface area contributed by atoms with Crippen LogP contribution in [-0.4, -0.2) is 27.3 Å². The summed E-state index contributed by atoms with van der Waals surface area (Å²) in [6.45, 7) is 0.825. The monoisotopic (exact) mass is 221 g/mol. The fourth-order valence-electron chi connectivity index (χ4n) is 1.95. The highest BCUT2D eigenvalue weighted by molar-refractivity contribution is 7.88. The lowest BCUT2D eigenvalue weighted by Gasteiger charge is -2.28. The van der Waals surface area contributed by atoms with Gasteiger partial charge in [-0.05, 0) is 31.6 Å². The van der Waals surface area contributed by atoms with Crippen molar-refractivity contribution in [3.8, 4) is 0 Å². The topological polar surface area (TPSA) is 84.2 Å². The second kappa shape index (κ2) is 5.06. The zero-order chi connectivity index (χ0) is 10.6. The van der Waals surface area contributed by atoms with Gasteiger partial charge >= 0.3 is 0 Å². The van der Waals surface area contributed by atoms with Crippen molar-refractivity contribution in [2.24, 2.45) is 11.8 Å². The number of nitrogens with one attached hydrogen (secondary N) is 2. The molecule has 0 heterocycles. The first-order valence-corrected chi connectivity index (χ1v) is 6.81. The molecule has 0 aromatic rings. The Morgan fingerprint density at radius 3 is 2.29 bits per heavy atom. The van der Waals surface area contributed by atoms with Crippen LogP contribution in [0.2, 0.25) is 0 Å². The molecule has 0 unspecified atom stereocenters. The minimum atomic E-state index is -3.04. The van der Waals surface area contributed by atoms with Crippen molar-refractivity contribution in [2.45, 2.75) is 31.7 Å². The van der Waals surface area contributed by atoms with Gasteiger partial charge in [0, 0.05) is 12.6 Å². The molecule has 5 nitrogen and oxygen atoms in total. The van der Waals surface area contributed by atoms with E-state index in [1.54, 1.807) is 0 Å². The van der Waals surface area contributed by atoms with E-state index in [2.05, 4.69) is 10.1 Å². The van der Waals surface area contributed by atoms with Crippen molar-refractivity contribution in [1.82, 2.24) is 10.1 Å². The van der Waals surface area contributed by atoms with E-state index in [-0.39, 0.29) is 6.04 Å². The molecule has 0 radical (unpaired) electrons. The van der Waals surface area contributed by atoms with Crippen molar-refractivity contribution in [3.63, 3.8) is 0 Å². The molecule has 6 heteroatoms. The van der Waals surface area contributed by atoms with Crippen LogP contribution in [0.4, 0.5) is 0 Å². The van der Waals surface area contributed by atoms with E-state index < -0.39 is 10.0 Å². The van der Waals surface area contributed by atoms with E-state index in [1.165, 1.54) is 6.26 Å². The van der Waals surface area contributed by atoms with Crippen LogP contribution in [0.5, 0.6) is 0 Å². The molecule has 1 saturated carbocycles. The highest BCUT2D eigenvalue weighted by atomic mass is 32.2. The first kappa shape index (κ1) is 11.9. The minimum absolute atomic E-state index is 0.124. The molecule has 14 heavy (non-hydrogen) atoms. The van der Waals surface area contributed by atoms with Gasteiger partial charge in [-0.1, -0.05) is 0 Å². The van der Waals surface area contributed by atoms with Crippen molar-refractivity contribution >= 4 is 10.0 Å². The third kappa shape index (κ3) is 4.36. The molecule has 1 aliphatic carbocycles. The largest absolute Gasteiger partial charge is 0.271 e. The number of hydrogen-bond donors (Lipinski definition) is 3. The summed E-state index contributed by atoms with van der Waals surface area (Å²) in [5.74, 6) is 5.83. The standard InChI is InChI=1S/C8H19N3O2S/c1-14(12,13)11-8-4-2-7(3-5-8)6-10-9/h7-8,10-11H,2-6,9H2,1H3. The third-order valence-electron chi connectivity index (χ3n) is 2.63. The van der Waals surface area contributed by atoms with Crippen molar-refractivity contribution in [2.75, 3.05) is 12.8 Å². The predicted octanol–water partition coefficient (Wildman–Crippen LogP) is -0.442. The van der Waals surface area contributed by atoms with Gasteiger partial charge in [0.05, 0.1) is 6.26 Å². The summed E-state index contributed by atoms with van der Waals surface area (Å²) in [4.78, 5) is 0. The second-order valence-electron chi connectivity index (χ2n) is 4.02. The van der Waals surface area contributed by atoms with E-state index in [4.69, 9.17) is 5.84 Å². The van der Waals surface area contributed by atoms with Gasteiger partial charge in [0.25, 0.3) is 0 Å². The van der Waals surface area contributed by atoms with Gasteiger partial charge in [-0.25, -0.2) is 13.1 Å². The second-order valence-corrected chi connectivity index (χ2v) is 5.80. The number of sulfonamides is 1. The van der Waals surface area contributed by atoms with Crippen LogP contribution in [0, 0.1) is 5.92 Å². The van der Waals surface area contributed by atoms with Crippen LogP contribution in [0.15, 0.2) is 0 Å². The average Bonchev–Trinajstić information content (AvgIpc) is 2.06. The zero-order valence-corrected chi connectivity index (χ0v) is 9.31. The van der Waals surface area contributed by atoms with Crippen LogP contribution in [-0.2, 0) is 10.0 Å². The molecule has 1 aliphatic rings. The van der Waals surface area contributed by atoms with E-state index >= 15 is 0 Å². The maximum absolute atomic E-state index is 11.0. The Morgan fingerprint density at radius 2 is 1.86 bits per heavy atom. The number of rotatable bonds is 4. The van der Waals surface area contributed by atoms with Gasteiger partial charge in [-0.2, -0.15) is 0 Å². The molecule has 0 amide bonds. The fourth-order valence-corrected chi connectivity index (χ4v) is 2.80. The minimum Gasteiger partial charge on any atom is -0.271 e. The molecule has 84 valence electrons. The molecule has 0 aliphatic heterocycles. The van der Waals surface area contributed by atoms with Crippen LogP contribution in [0.3, 0.4) is 0 Å². The van der Waals surface area contributed by atoms with Gasteiger partial charge in [0.15, 0.2) is 0 Å². The Hall–Kier alpha value is -0.170. The molecule has 0 spiro atoms. The molecule has 0 bridgehead atoms. The zero-order valence-electron chi connectivity index (χ0n) is 8.49. The summed E-state index contributed by atoms with van der Waals surface area (Å²) in [6, 6.07) is 0.124. The Labute approximate surface area is 85.5 Å². The summed E-state index contributed by atoms with van der Waals surface area (Å²) in [5, 5.41) is 0. The number of hydrogen-bond acceptors (Lipinski definition) is 4. The molecule has 0 aromatic carbocycles. The smallest absolute Gasteiger partial charge is 0.208 e. The first-order valence-electron chi connectivity index (χ1n) is 4.92. The highest BCUT2D eigenvalue weighted by Crippen LogP contribution is 2.23. The van der Waals surface area contributed by atoms with E-state index in [1.807, 2.05) is 0 Å². The molecule has 0 saturated heterocycles. The highest BCUT2D eigenvalue weighted by Gasteiger charge is 2.22. The third-order valence-corrected chi connectivity index (χ3v) is 3.40. The Morgan fingerprint density at radius 1 is 1.29 bits per heavy atom. The van der Waals surface area contributed by atoms with Crippen molar-refractivity contribution in [1.29, 1.82) is 0 Å². The van der Waals surface area contributed by atoms with Gasteiger partial charge in [-0.3, -0.25) is 11.3 Å². The van der Waals surface area contributed by atoms with E-state index in [0.717, 1.165) is 32.2 Å². The van der Waals surface area contributed by atoms with Gasteiger partial charge in [-0.15, -0.1) is 0 Å². The molecule has 4 N–H and O–H groups in total. The molecule has 1 fully saturated rings. The Balaban J connectivity index is 2.29. The van der Waals surface area contributed by atoms with Crippen LogP contribution in [0.25, 0.3) is 0 Å². The van der Waals surface area contributed by atoms with Gasteiger partial charge in [0.2, 0.25) is 10.0 Å². The summed E-state index contributed by atoms with van der Waals surface area (Å²) in [7, 11) is -3.04. The van der Waals surface area contributed by atoms with Crippen LogP contribution in [0.1, 0.15) is 25.7 Å². The molecular formula is C8H19N3O2S. The fraction of sp³-hybridized carbons (Fsp3) is 1.00. The molecule has 0 aromatic heterocycles. The van der Waals surface area contributed by atoms with E-state index in [0.29, 0.717) is 5.92 Å². The van der Waals surface area contributed by atoms with Crippen molar-refractivity contribution in [3.05, 3.63) is 0 Å². The lowest BCUT2D eigenvalue weighted by atomic mass is 9.86. The number of nitrogens with two attached hydrogens (primary N) is 1. The lowest BCUT2D eigenvalue weighted by molar-refractivity contribution is 0.304. The summed E-state index contributed by atoms with van der Waals surface area (Å²) < 4.78 is 24.6. The number of hydrazine groups is 1. The van der Waals surface area contributed by atoms with Gasteiger partial charge < -0.3 is 0 Å². The normalized spacial score (nSPS) is 29.0. The molecule has 1 rings (SSSR count).